The molecule has 1 aliphatic carbocycles. The van der Waals surface area contributed by atoms with Crippen LogP contribution in [0.15, 0.2) is 0 Å². The zero-order chi connectivity index (χ0) is 13.4. The standard InChI is InChI=1S/C13H20N4OS/c1-17-6-5-10-11(7-17)19-13(16-10)12(18)15-9-4-2-3-8(9)14/h8-9H,2-7,14H2,1H3,(H,15,18). The minimum Gasteiger partial charge on any atom is -0.346 e. The van der Waals surface area contributed by atoms with Crippen molar-refractivity contribution in [2.75, 3.05) is 13.6 Å². The highest BCUT2D eigenvalue weighted by atomic mass is 32.1. The molecular weight excluding hydrogens is 260 g/mol. The van der Waals surface area contributed by atoms with Crippen LogP contribution >= 0.6 is 11.3 Å². The monoisotopic (exact) mass is 280 g/mol. The molecular formula is C13H20N4OS. The third-order valence-corrected chi connectivity index (χ3v) is 5.08. The van der Waals surface area contributed by atoms with Gasteiger partial charge in [-0.3, -0.25) is 4.79 Å². The lowest BCUT2D eigenvalue weighted by molar-refractivity contribution is 0.0934. The van der Waals surface area contributed by atoms with Crippen LogP contribution in [0.2, 0.25) is 0 Å². The van der Waals surface area contributed by atoms with Crippen molar-refractivity contribution in [2.45, 2.75) is 44.3 Å². The molecule has 0 bridgehead atoms. The van der Waals surface area contributed by atoms with Gasteiger partial charge in [-0.1, -0.05) is 0 Å². The molecule has 3 rings (SSSR count). The van der Waals surface area contributed by atoms with Gasteiger partial charge >= 0.3 is 0 Å². The topological polar surface area (TPSA) is 71.2 Å². The van der Waals surface area contributed by atoms with Crippen LogP contribution in [-0.2, 0) is 13.0 Å². The van der Waals surface area contributed by atoms with Crippen molar-refractivity contribution in [1.29, 1.82) is 0 Å². The van der Waals surface area contributed by atoms with E-state index in [2.05, 4.69) is 22.2 Å². The second-order valence-corrected chi connectivity index (χ2v) is 6.64. The zero-order valence-corrected chi connectivity index (χ0v) is 12.0. The summed E-state index contributed by atoms with van der Waals surface area (Å²) >= 11 is 1.53. The second kappa shape index (κ2) is 5.19. The van der Waals surface area contributed by atoms with Crippen molar-refractivity contribution in [3.8, 4) is 0 Å². The minimum atomic E-state index is -0.0515. The molecule has 1 fully saturated rings. The van der Waals surface area contributed by atoms with Crippen LogP contribution in [0, 0.1) is 0 Å². The number of aromatic nitrogens is 1. The molecule has 1 aliphatic heterocycles. The van der Waals surface area contributed by atoms with Gasteiger partial charge < -0.3 is 16.0 Å². The van der Waals surface area contributed by atoms with E-state index in [1.807, 2.05) is 0 Å². The van der Waals surface area contributed by atoms with Gasteiger partial charge in [0.1, 0.15) is 0 Å². The predicted octanol–water partition coefficient (Wildman–Crippen LogP) is 0.741. The van der Waals surface area contributed by atoms with Crippen molar-refractivity contribution < 1.29 is 4.79 Å². The number of carbonyl (C=O) groups is 1. The molecule has 2 atom stereocenters. The van der Waals surface area contributed by atoms with E-state index >= 15 is 0 Å². The Kier molecular flexibility index (Phi) is 3.56. The van der Waals surface area contributed by atoms with Crippen LogP contribution in [0.4, 0.5) is 0 Å². The van der Waals surface area contributed by atoms with Crippen molar-refractivity contribution in [2.24, 2.45) is 5.73 Å². The van der Waals surface area contributed by atoms with E-state index in [-0.39, 0.29) is 18.0 Å². The van der Waals surface area contributed by atoms with E-state index in [9.17, 15) is 4.79 Å². The third-order valence-electron chi connectivity index (χ3n) is 4.00. The molecule has 0 aromatic carbocycles. The van der Waals surface area contributed by atoms with Crippen LogP contribution in [0.1, 0.15) is 39.6 Å². The highest BCUT2D eigenvalue weighted by Crippen LogP contribution is 2.25. The Bertz CT molecular complexity index is 487. The van der Waals surface area contributed by atoms with Crippen LogP contribution in [0.3, 0.4) is 0 Å². The molecule has 1 aromatic heterocycles. The molecule has 1 saturated carbocycles. The second-order valence-electron chi connectivity index (χ2n) is 5.55. The number of rotatable bonds is 2. The van der Waals surface area contributed by atoms with Crippen LogP contribution in [0.5, 0.6) is 0 Å². The highest BCUT2D eigenvalue weighted by molar-refractivity contribution is 7.13. The largest absolute Gasteiger partial charge is 0.346 e. The number of hydrogen-bond acceptors (Lipinski definition) is 5. The minimum absolute atomic E-state index is 0.0515. The molecule has 1 amide bonds. The van der Waals surface area contributed by atoms with Crippen molar-refractivity contribution >= 4 is 17.2 Å². The molecule has 5 nitrogen and oxygen atoms in total. The molecule has 6 heteroatoms. The Morgan fingerprint density at radius 3 is 3.11 bits per heavy atom. The van der Waals surface area contributed by atoms with E-state index in [4.69, 9.17) is 5.73 Å². The van der Waals surface area contributed by atoms with Gasteiger partial charge in [-0.05, 0) is 26.3 Å². The first kappa shape index (κ1) is 13.0. The molecule has 1 aromatic rings. The lowest BCUT2D eigenvalue weighted by Crippen LogP contribution is -2.43. The summed E-state index contributed by atoms with van der Waals surface area (Å²) in [7, 11) is 2.10. The molecule has 2 heterocycles. The molecule has 0 saturated heterocycles. The first-order valence-corrected chi connectivity index (χ1v) is 7.68. The molecule has 19 heavy (non-hydrogen) atoms. The van der Waals surface area contributed by atoms with E-state index < -0.39 is 0 Å². The highest BCUT2D eigenvalue weighted by Gasteiger charge is 2.27. The SMILES string of the molecule is CN1CCc2nc(C(=O)NC3CCCC3N)sc2C1. The van der Waals surface area contributed by atoms with Crippen LogP contribution in [-0.4, -0.2) is 41.5 Å². The maximum Gasteiger partial charge on any atom is 0.280 e. The van der Waals surface area contributed by atoms with E-state index in [0.29, 0.717) is 5.01 Å². The summed E-state index contributed by atoms with van der Waals surface area (Å²) in [6.07, 6.45) is 4.04. The zero-order valence-electron chi connectivity index (χ0n) is 11.2. The fraction of sp³-hybridized carbons (Fsp3) is 0.692. The number of carbonyl (C=O) groups excluding carboxylic acids is 1. The Morgan fingerprint density at radius 2 is 2.37 bits per heavy atom. The maximum atomic E-state index is 12.2. The summed E-state index contributed by atoms with van der Waals surface area (Å²) in [6, 6.07) is 0.223. The Morgan fingerprint density at radius 1 is 1.53 bits per heavy atom. The average Bonchev–Trinajstić information content (AvgIpc) is 2.96. The molecule has 0 spiro atoms. The van der Waals surface area contributed by atoms with Gasteiger partial charge in [0.2, 0.25) is 0 Å². The van der Waals surface area contributed by atoms with Crippen molar-refractivity contribution in [3.63, 3.8) is 0 Å². The normalized spacial score (nSPS) is 27.3. The summed E-state index contributed by atoms with van der Waals surface area (Å²) < 4.78 is 0. The molecule has 104 valence electrons. The number of nitrogens with zero attached hydrogens (tertiary/aromatic N) is 2. The molecule has 2 unspecified atom stereocenters. The lowest BCUT2D eigenvalue weighted by atomic mass is 10.2. The lowest BCUT2D eigenvalue weighted by Gasteiger charge is -2.20. The smallest absolute Gasteiger partial charge is 0.280 e. The van der Waals surface area contributed by atoms with Crippen LogP contribution < -0.4 is 11.1 Å². The fourth-order valence-electron chi connectivity index (χ4n) is 2.82. The first-order chi connectivity index (χ1) is 9.13. The molecule has 0 radical (unpaired) electrons. The number of thiazole rings is 1. The van der Waals surface area contributed by atoms with Gasteiger partial charge in [0.05, 0.1) is 5.69 Å². The van der Waals surface area contributed by atoms with Gasteiger partial charge in [0.15, 0.2) is 5.01 Å². The van der Waals surface area contributed by atoms with Gasteiger partial charge in [-0.15, -0.1) is 11.3 Å². The summed E-state index contributed by atoms with van der Waals surface area (Å²) in [5.74, 6) is -0.0515. The summed E-state index contributed by atoms with van der Waals surface area (Å²) in [6.45, 7) is 1.93. The molecule has 2 aliphatic rings. The Hall–Kier alpha value is -0.980. The van der Waals surface area contributed by atoms with Crippen LogP contribution in [0.25, 0.3) is 0 Å². The maximum absolute atomic E-state index is 12.2. The summed E-state index contributed by atoms with van der Waals surface area (Å²) in [5, 5.41) is 3.63. The van der Waals surface area contributed by atoms with E-state index in [1.165, 1.54) is 16.2 Å². The number of fused-ring (bicyclic) bond motifs is 1. The van der Waals surface area contributed by atoms with Crippen molar-refractivity contribution in [1.82, 2.24) is 15.2 Å². The average molecular weight is 280 g/mol. The van der Waals surface area contributed by atoms with Crippen molar-refractivity contribution in [3.05, 3.63) is 15.6 Å². The van der Waals surface area contributed by atoms with Gasteiger partial charge in [-0.2, -0.15) is 0 Å². The molecule has 3 N–H and O–H groups in total. The van der Waals surface area contributed by atoms with Gasteiger partial charge in [0.25, 0.3) is 5.91 Å². The van der Waals surface area contributed by atoms with Gasteiger partial charge in [0, 0.05) is 36.5 Å². The first-order valence-electron chi connectivity index (χ1n) is 6.87. The third kappa shape index (κ3) is 2.66. The van der Waals surface area contributed by atoms with E-state index in [1.54, 1.807) is 0 Å². The number of likely N-dealkylation sites (N-methyl/N-ethyl adjacent to an activating group) is 1. The quantitative estimate of drug-likeness (QED) is 0.838. The number of amides is 1. The number of nitrogens with two attached hydrogens (primary N) is 1. The summed E-state index contributed by atoms with van der Waals surface area (Å²) in [4.78, 5) is 20.2. The Balaban J connectivity index is 1.70. The predicted molar refractivity (Wildman–Crippen MR) is 75.2 cm³/mol. The number of hydrogen-bond donors (Lipinski definition) is 2. The fourth-order valence-corrected chi connectivity index (χ4v) is 3.91. The number of nitrogens with one attached hydrogen (secondary N) is 1. The van der Waals surface area contributed by atoms with E-state index in [0.717, 1.165) is 44.5 Å². The Labute approximate surface area is 117 Å². The summed E-state index contributed by atoms with van der Waals surface area (Å²) in [5.41, 5.74) is 7.08. The van der Waals surface area contributed by atoms with Gasteiger partial charge in [-0.25, -0.2) is 4.98 Å².